The van der Waals surface area contributed by atoms with Crippen molar-refractivity contribution in [1.29, 1.82) is 0 Å². The third-order valence-corrected chi connectivity index (χ3v) is 10.7. The quantitative estimate of drug-likeness (QED) is 0.148. The molecule has 4 unspecified atom stereocenters. The number of halogens is 2. The molecule has 4 aromatic heterocycles. The standard InChI is InChI=1S/C13H15ClN4O2S.C13H15ClN4S/c1-9-7-17-11(18-8-9)13(3,14)10(2)21(19,20)12-15-5-4-6-16-12;1-9-7-17-11(18-8-9)13(3,14)10(2)19-12-15-5-4-6-16-12/h4-8,10H,1-3H3;4-8,10H,1-3H3. The Morgan fingerprint density at radius 3 is 1.55 bits per heavy atom. The average molecular weight is 622 g/mol. The molecule has 4 atom stereocenters. The number of thioether (sulfide) groups is 1. The second kappa shape index (κ2) is 13.2. The highest BCUT2D eigenvalue weighted by molar-refractivity contribution is 7.99. The molecule has 0 bridgehead atoms. The predicted octanol–water partition coefficient (Wildman–Crippen LogP) is 5.10. The van der Waals surface area contributed by atoms with Gasteiger partial charge in [0, 0.05) is 54.8 Å². The van der Waals surface area contributed by atoms with Crippen molar-refractivity contribution < 1.29 is 8.42 Å². The van der Waals surface area contributed by atoms with E-state index < -0.39 is 24.8 Å². The molecule has 0 aliphatic rings. The van der Waals surface area contributed by atoms with E-state index in [2.05, 4.69) is 39.9 Å². The average Bonchev–Trinajstić information content (AvgIpc) is 2.94. The molecule has 0 fully saturated rings. The summed E-state index contributed by atoms with van der Waals surface area (Å²) >= 11 is 14.6. The number of alkyl halides is 2. The van der Waals surface area contributed by atoms with Gasteiger partial charge in [0.1, 0.15) is 21.4 Å². The number of hydrogen-bond acceptors (Lipinski definition) is 11. The Hall–Kier alpha value is -2.80. The van der Waals surface area contributed by atoms with Crippen LogP contribution in [0.4, 0.5) is 0 Å². The molecule has 14 heteroatoms. The SMILES string of the molecule is Cc1cnc(C(C)(Cl)C(C)S(=O)(=O)c2ncccn2)nc1.Cc1cnc(C(C)(Cl)C(C)Sc2ncccn2)nc1. The van der Waals surface area contributed by atoms with Crippen LogP contribution in [0.15, 0.2) is 72.0 Å². The van der Waals surface area contributed by atoms with E-state index in [1.165, 1.54) is 31.1 Å². The Morgan fingerprint density at radius 1 is 0.700 bits per heavy atom. The third-order valence-electron chi connectivity index (χ3n) is 6.05. The van der Waals surface area contributed by atoms with Crippen molar-refractivity contribution in [3.8, 4) is 0 Å². The summed E-state index contributed by atoms with van der Waals surface area (Å²) in [7, 11) is -3.79. The molecule has 4 rings (SSSR count). The fourth-order valence-corrected chi connectivity index (χ4v) is 6.14. The zero-order valence-corrected chi connectivity index (χ0v) is 26.0. The van der Waals surface area contributed by atoms with Gasteiger partial charge in [-0.1, -0.05) is 18.7 Å². The van der Waals surface area contributed by atoms with Crippen LogP contribution in [-0.4, -0.2) is 58.8 Å². The van der Waals surface area contributed by atoms with Crippen LogP contribution in [0, 0.1) is 13.8 Å². The summed E-state index contributed by atoms with van der Waals surface area (Å²) in [5.41, 5.74) is 1.89. The van der Waals surface area contributed by atoms with Crippen LogP contribution in [0.25, 0.3) is 0 Å². The van der Waals surface area contributed by atoms with Gasteiger partial charge in [0.05, 0.1) is 5.25 Å². The topological polar surface area (TPSA) is 137 Å². The second-order valence-corrected chi connectivity index (χ2v) is 14.4. The van der Waals surface area contributed by atoms with Gasteiger partial charge in [0.2, 0.25) is 15.0 Å². The Balaban J connectivity index is 0.000000222. The van der Waals surface area contributed by atoms with Crippen LogP contribution >= 0.6 is 35.0 Å². The van der Waals surface area contributed by atoms with Crippen LogP contribution in [0.2, 0.25) is 0 Å². The zero-order valence-electron chi connectivity index (χ0n) is 22.9. The molecule has 0 saturated carbocycles. The molecule has 0 aromatic carbocycles. The second-order valence-electron chi connectivity index (χ2n) is 9.33. The zero-order chi connectivity index (χ0) is 29.6. The lowest BCUT2D eigenvalue weighted by molar-refractivity contribution is 0.533. The van der Waals surface area contributed by atoms with Gasteiger partial charge < -0.3 is 0 Å². The van der Waals surface area contributed by atoms with Gasteiger partial charge >= 0.3 is 0 Å². The highest BCUT2D eigenvalue weighted by Crippen LogP contribution is 2.39. The van der Waals surface area contributed by atoms with Gasteiger partial charge in [-0.15, -0.1) is 23.2 Å². The number of rotatable bonds is 8. The maximum absolute atomic E-state index is 12.6. The fourth-order valence-electron chi connectivity index (χ4n) is 3.15. The minimum Gasteiger partial charge on any atom is -0.239 e. The predicted molar refractivity (Wildman–Crippen MR) is 156 cm³/mol. The molecule has 212 valence electrons. The number of aromatic nitrogens is 8. The Kier molecular flexibility index (Phi) is 10.5. The van der Waals surface area contributed by atoms with E-state index in [1.54, 1.807) is 56.2 Å². The van der Waals surface area contributed by atoms with Crippen LogP contribution < -0.4 is 0 Å². The van der Waals surface area contributed by atoms with Gasteiger partial charge in [-0.3, -0.25) is 0 Å². The van der Waals surface area contributed by atoms with Crippen molar-refractivity contribution in [2.45, 2.75) is 72.1 Å². The molecule has 0 saturated heterocycles. The van der Waals surface area contributed by atoms with E-state index in [1.807, 2.05) is 27.7 Å². The lowest BCUT2D eigenvalue weighted by Gasteiger charge is -2.26. The minimum absolute atomic E-state index is 0.0410. The summed E-state index contributed by atoms with van der Waals surface area (Å²) in [5.74, 6) is 0.873. The van der Waals surface area contributed by atoms with E-state index in [0.29, 0.717) is 11.0 Å². The highest BCUT2D eigenvalue weighted by Gasteiger charge is 2.43. The largest absolute Gasteiger partial charge is 0.247 e. The van der Waals surface area contributed by atoms with Crippen molar-refractivity contribution in [3.63, 3.8) is 0 Å². The summed E-state index contributed by atoms with van der Waals surface area (Å²) in [5, 5.41) is -0.499. The Morgan fingerprint density at radius 2 is 1.10 bits per heavy atom. The Labute approximate surface area is 248 Å². The monoisotopic (exact) mass is 620 g/mol. The van der Waals surface area contributed by atoms with Crippen molar-refractivity contribution in [3.05, 3.63) is 84.5 Å². The van der Waals surface area contributed by atoms with Gasteiger partial charge in [0.25, 0.3) is 0 Å². The van der Waals surface area contributed by atoms with Crippen LogP contribution in [0.5, 0.6) is 0 Å². The van der Waals surface area contributed by atoms with Crippen molar-refractivity contribution in [2.75, 3.05) is 0 Å². The van der Waals surface area contributed by atoms with E-state index in [9.17, 15) is 8.42 Å². The summed E-state index contributed by atoms with van der Waals surface area (Å²) in [6.07, 6.45) is 12.9. The first-order valence-corrected chi connectivity index (χ1v) is 15.3. The molecule has 4 heterocycles. The molecule has 40 heavy (non-hydrogen) atoms. The van der Waals surface area contributed by atoms with Crippen molar-refractivity contribution >= 4 is 44.8 Å². The molecular weight excluding hydrogens is 591 g/mol. The normalized spacial score (nSPS) is 16.0. The molecule has 10 nitrogen and oxygen atoms in total. The summed E-state index contributed by atoms with van der Waals surface area (Å²) in [6.45, 7) is 10.8. The molecule has 0 aliphatic carbocycles. The smallest absolute Gasteiger partial charge is 0.239 e. The van der Waals surface area contributed by atoms with E-state index >= 15 is 0 Å². The lowest BCUT2D eigenvalue weighted by atomic mass is 10.1. The van der Waals surface area contributed by atoms with E-state index in [-0.39, 0.29) is 16.2 Å². The van der Waals surface area contributed by atoms with Crippen molar-refractivity contribution in [2.24, 2.45) is 0 Å². The van der Waals surface area contributed by atoms with Crippen LogP contribution in [-0.2, 0) is 19.6 Å². The number of hydrogen-bond donors (Lipinski definition) is 0. The maximum atomic E-state index is 12.6. The van der Waals surface area contributed by atoms with E-state index in [0.717, 1.165) is 11.1 Å². The van der Waals surface area contributed by atoms with Crippen LogP contribution in [0.1, 0.15) is 50.5 Å². The molecule has 0 radical (unpaired) electrons. The summed E-state index contributed by atoms with van der Waals surface area (Å²) in [4.78, 5) is 30.9. The molecule has 0 spiro atoms. The molecule has 0 N–H and O–H groups in total. The lowest BCUT2D eigenvalue weighted by Crippen LogP contribution is -2.38. The van der Waals surface area contributed by atoms with Gasteiger partial charge in [0.15, 0.2) is 5.16 Å². The first-order valence-electron chi connectivity index (χ1n) is 12.2. The third kappa shape index (κ3) is 7.68. The molecule has 0 amide bonds. The summed E-state index contributed by atoms with van der Waals surface area (Å²) < 4.78 is 25.1. The fraction of sp³-hybridized carbons (Fsp3) is 0.385. The van der Waals surface area contributed by atoms with Gasteiger partial charge in [-0.2, -0.15) is 0 Å². The van der Waals surface area contributed by atoms with Gasteiger partial charge in [-0.05, 0) is 57.9 Å². The Bertz CT molecular complexity index is 1480. The first-order chi connectivity index (χ1) is 18.8. The van der Waals surface area contributed by atoms with Gasteiger partial charge in [-0.25, -0.2) is 48.3 Å². The summed E-state index contributed by atoms with van der Waals surface area (Å²) in [6, 6.07) is 3.34. The molecular formula is C26H30Cl2N8O2S2. The first kappa shape index (κ1) is 31.7. The highest BCUT2D eigenvalue weighted by atomic mass is 35.5. The minimum atomic E-state index is -3.79. The number of sulfone groups is 1. The van der Waals surface area contributed by atoms with E-state index in [4.69, 9.17) is 23.2 Å². The van der Waals surface area contributed by atoms with Crippen molar-refractivity contribution in [1.82, 2.24) is 39.9 Å². The number of aryl methyl sites for hydroxylation is 2. The molecule has 4 aromatic rings. The number of nitrogens with zero attached hydrogens (tertiary/aromatic N) is 8. The maximum Gasteiger partial charge on any atom is 0.247 e. The van der Waals surface area contributed by atoms with Crippen LogP contribution in [0.3, 0.4) is 0 Å². The molecule has 0 aliphatic heterocycles.